The number of hydrogen-bond acceptors (Lipinski definition) is 1. The minimum Gasteiger partial charge on any atom is -0.496 e. The van der Waals surface area contributed by atoms with Gasteiger partial charge in [0, 0.05) is 0 Å². The van der Waals surface area contributed by atoms with Crippen LogP contribution in [0.15, 0.2) is 40.9 Å². The lowest BCUT2D eigenvalue weighted by Crippen LogP contribution is -1.95. The lowest BCUT2D eigenvalue weighted by atomic mass is 10.0. The van der Waals surface area contributed by atoms with Crippen LogP contribution in [-0.2, 0) is 0 Å². The largest absolute Gasteiger partial charge is 0.496 e. The average molecular weight is 364 g/mol. The van der Waals surface area contributed by atoms with Gasteiger partial charge in [-0.15, -0.1) is 11.6 Å². The molecule has 2 aromatic rings. The van der Waals surface area contributed by atoms with Crippen LogP contribution in [0.5, 0.6) is 5.75 Å². The summed E-state index contributed by atoms with van der Waals surface area (Å²) in [5.41, 5.74) is 1.61. The molecule has 100 valence electrons. The number of alkyl halides is 1. The zero-order valence-electron chi connectivity index (χ0n) is 9.96. The predicted octanol–water partition coefficient (Wildman–Crippen LogP) is 5.58. The number of hydrogen-bond donors (Lipinski definition) is 0. The maximum atomic E-state index is 13.1. The second-order valence-corrected chi connectivity index (χ2v) is 5.63. The Kier molecular flexibility index (Phi) is 4.71. The Bertz CT molecular complexity index is 604. The van der Waals surface area contributed by atoms with Gasteiger partial charge in [0.1, 0.15) is 11.6 Å². The molecule has 1 atom stereocenters. The van der Waals surface area contributed by atoms with Gasteiger partial charge in [-0.3, -0.25) is 0 Å². The van der Waals surface area contributed by atoms with Gasteiger partial charge >= 0.3 is 0 Å². The van der Waals surface area contributed by atoms with Crippen LogP contribution < -0.4 is 4.74 Å². The summed E-state index contributed by atoms with van der Waals surface area (Å²) in [6, 6.07) is 10.0. The molecule has 0 fully saturated rings. The maximum Gasteiger partial charge on any atom is 0.141 e. The summed E-state index contributed by atoms with van der Waals surface area (Å²) in [7, 11) is 1.59. The van der Waals surface area contributed by atoms with Gasteiger partial charge in [-0.2, -0.15) is 0 Å². The molecule has 1 unspecified atom stereocenters. The predicted molar refractivity (Wildman–Crippen MR) is 79.8 cm³/mol. The first-order valence-corrected chi connectivity index (χ1v) is 7.06. The lowest BCUT2D eigenvalue weighted by Gasteiger charge is -2.13. The van der Waals surface area contributed by atoms with Crippen LogP contribution >= 0.6 is 39.1 Å². The fraction of sp³-hybridized carbons (Fsp3) is 0.143. The molecule has 0 aromatic heterocycles. The molecule has 19 heavy (non-hydrogen) atoms. The first-order chi connectivity index (χ1) is 9.02. The highest BCUT2D eigenvalue weighted by Crippen LogP contribution is 2.35. The van der Waals surface area contributed by atoms with Gasteiger partial charge in [0.25, 0.3) is 0 Å². The molecule has 0 spiro atoms. The molecule has 0 bridgehead atoms. The SMILES string of the molecule is COc1ccc(C(Cl)c2ccc(F)c(Cl)c2)cc1Br. The maximum absolute atomic E-state index is 13.1. The van der Waals surface area contributed by atoms with E-state index in [0.29, 0.717) is 0 Å². The van der Waals surface area contributed by atoms with E-state index in [9.17, 15) is 4.39 Å². The molecule has 0 heterocycles. The molecule has 0 saturated heterocycles. The molecule has 0 aliphatic carbocycles. The van der Waals surface area contributed by atoms with Crippen molar-refractivity contribution in [1.29, 1.82) is 0 Å². The highest BCUT2D eigenvalue weighted by atomic mass is 79.9. The minimum atomic E-state index is -0.454. The van der Waals surface area contributed by atoms with Gasteiger partial charge in [0.2, 0.25) is 0 Å². The molecule has 0 N–H and O–H groups in total. The van der Waals surface area contributed by atoms with Crippen LogP contribution in [0.25, 0.3) is 0 Å². The summed E-state index contributed by atoms with van der Waals surface area (Å²) in [5, 5.41) is -0.337. The Balaban J connectivity index is 2.35. The van der Waals surface area contributed by atoms with Gasteiger partial charge in [-0.05, 0) is 51.3 Å². The van der Waals surface area contributed by atoms with Gasteiger partial charge in [-0.1, -0.05) is 23.7 Å². The first kappa shape index (κ1) is 14.6. The van der Waals surface area contributed by atoms with E-state index in [1.165, 1.54) is 12.1 Å². The van der Waals surface area contributed by atoms with Crippen LogP contribution in [-0.4, -0.2) is 7.11 Å². The van der Waals surface area contributed by atoms with Crippen molar-refractivity contribution in [2.45, 2.75) is 5.38 Å². The standard InChI is InChI=1S/C14H10BrCl2FO/c1-19-13-5-3-8(6-10(13)15)14(17)9-2-4-12(18)11(16)7-9/h2-7,14H,1H3. The number of rotatable bonds is 3. The molecule has 5 heteroatoms. The second kappa shape index (κ2) is 6.12. The van der Waals surface area contributed by atoms with Gasteiger partial charge in [0.15, 0.2) is 0 Å². The van der Waals surface area contributed by atoms with Crippen molar-refractivity contribution in [3.05, 3.63) is 62.8 Å². The quantitative estimate of drug-likeness (QED) is 0.647. The molecule has 0 amide bonds. The van der Waals surface area contributed by atoms with Gasteiger partial charge < -0.3 is 4.74 Å². The van der Waals surface area contributed by atoms with E-state index in [0.717, 1.165) is 21.3 Å². The molecular formula is C14H10BrCl2FO. The van der Waals surface area contributed by atoms with E-state index in [1.807, 2.05) is 18.2 Å². The summed E-state index contributed by atoms with van der Waals surface area (Å²) in [5.74, 6) is 0.273. The van der Waals surface area contributed by atoms with Crippen LogP contribution in [0.1, 0.15) is 16.5 Å². The molecule has 0 aliphatic rings. The normalized spacial score (nSPS) is 12.3. The Morgan fingerprint density at radius 3 is 2.37 bits per heavy atom. The van der Waals surface area contributed by atoms with Crippen molar-refractivity contribution in [1.82, 2.24) is 0 Å². The third kappa shape index (κ3) is 3.22. The first-order valence-electron chi connectivity index (χ1n) is 5.45. The molecule has 2 rings (SSSR count). The number of halogens is 4. The minimum absolute atomic E-state index is 0.0655. The molecular weight excluding hydrogens is 354 g/mol. The summed E-state index contributed by atoms with van der Waals surface area (Å²) >= 11 is 15.5. The molecule has 0 aliphatic heterocycles. The summed E-state index contributed by atoms with van der Waals surface area (Å²) < 4.78 is 19.1. The zero-order chi connectivity index (χ0) is 14.0. The van der Waals surface area contributed by atoms with Crippen molar-refractivity contribution in [2.24, 2.45) is 0 Å². The number of ether oxygens (including phenoxy) is 1. The Hall–Kier alpha value is -0.770. The van der Waals surface area contributed by atoms with Crippen molar-refractivity contribution in [3.8, 4) is 5.75 Å². The Morgan fingerprint density at radius 1 is 1.16 bits per heavy atom. The monoisotopic (exact) mass is 362 g/mol. The van der Waals surface area contributed by atoms with Crippen molar-refractivity contribution >= 4 is 39.1 Å². The average Bonchev–Trinajstić information content (AvgIpc) is 2.41. The van der Waals surface area contributed by atoms with E-state index < -0.39 is 11.2 Å². The topological polar surface area (TPSA) is 9.23 Å². The third-order valence-electron chi connectivity index (χ3n) is 2.70. The summed E-state index contributed by atoms with van der Waals surface area (Å²) in [6.07, 6.45) is 0. The number of benzene rings is 2. The van der Waals surface area contributed by atoms with Crippen LogP contribution in [0.3, 0.4) is 0 Å². The fourth-order valence-corrected chi connectivity index (χ4v) is 2.72. The highest BCUT2D eigenvalue weighted by Gasteiger charge is 2.14. The van der Waals surface area contributed by atoms with Crippen LogP contribution in [0.2, 0.25) is 5.02 Å². The van der Waals surface area contributed by atoms with Crippen molar-refractivity contribution < 1.29 is 9.13 Å². The Labute approximate surface area is 129 Å². The van der Waals surface area contributed by atoms with Crippen LogP contribution in [0.4, 0.5) is 4.39 Å². The van der Waals surface area contributed by atoms with E-state index in [2.05, 4.69) is 15.9 Å². The zero-order valence-corrected chi connectivity index (χ0v) is 13.1. The van der Waals surface area contributed by atoms with Crippen molar-refractivity contribution in [3.63, 3.8) is 0 Å². The van der Waals surface area contributed by atoms with E-state index in [1.54, 1.807) is 13.2 Å². The second-order valence-electron chi connectivity index (χ2n) is 3.93. The molecule has 0 saturated carbocycles. The van der Waals surface area contributed by atoms with E-state index in [4.69, 9.17) is 27.9 Å². The van der Waals surface area contributed by atoms with E-state index in [-0.39, 0.29) is 5.02 Å². The van der Waals surface area contributed by atoms with Crippen LogP contribution in [0, 0.1) is 5.82 Å². The third-order valence-corrected chi connectivity index (χ3v) is 4.12. The summed E-state index contributed by atoms with van der Waals surface area (Å²) in [4.78, 5) is 0. The smallest absolute Gasteiger partial charge is 0.141 e. The number of methoxy groups -OCH3 is 1. The lowest BCUT2D eigenvalue weighted by molar-refractivity contribution is 0.412. The summed E-state index contributed by atoms with van der Waals surface area (Å²) in [6.45, 7) is 0. The van der Waals surface area contributed by atoms with Gasteiger partial charge in [0.05, 0.1) is 22.0 Å². The highest BCUT2D eigenvalue weighted by molar-refractivity contribution is 9.10. The molecule has 1 nitrogen and oxygen atoms in total. The molecule has 0 radical (unpaired) electrons. The van der Waals surface area contributed by atoms with Gasteiger partial charge in [-0.25, -0.2) is 4.39 Å². The van der Waals surface area contributed by atoms with Crippen molar-refractivity contribution in [2.75, 3.05) is 7.11 Å². The molecule has 2 aromatic carbocycles. The van der Waals surface area contributed by atoms with E-state index >= 15 is 0 Å². The Morgan fingerprint density at radius 2 is 1.79 bits per heavy atom. The fourth-order valence-electron chi connectivity index (χ4n) is 1.70.